The third-order valence-corrected chi connectivity index (χ3v) is 6.81. The number of primary amides is 1. The van der Waals surface area contributed by atoms with Crippen LogP contribution >= 0.6 is 0 Å². The molecule has 2 aromatic rings. The zero-order valence-electron chi connectivity index (χ0n) is 22.4. The lowest BCUT2D eigenvalue weighted by molar-refractivity contribution is -0.127. The van der Waals surface area contributed by atoms with Crippen LogP contribution in [0.2, 0.25) is 0 Å². The van der Waals surface area contributed by atoms with Crippen molar-refractivity contribution in [2.75, 3.05) is 11.9 Å². The largest absolute Gasteiger partial charge is 0.452 e. The van der Waals surface area contributed by atoms with Crippen LogP contribution in [0.1, 0.15) is 61.7 Å². The van der Waals surface area contributed by atoms with Crippen LogP contribution in [0.4, 0.5) is 10.1 Å². The number of nitrogens with one attached hydrogen (secondary N) is 2. The average Bonchev–Trinajstić information content (AvgIpc) is 2.93. The summed E-state index contributed by atoms with van der Waals surface area (Å²) in [5, 5.41) is 5.58. The molecule has 10 N–H and O–H groups in total. The zero-order valence-corrected chi connectivity index (χ0v) is 22.4. The van der Waals surface area contributed by atoms with Crippen molar-refractivity contribution in [3.05, 3.63) is 53.8 Å². The first-order valence-electron chi connectivity index (χ1n) is 13.4. The molecule has 1 aliphatic rings. The highest BCUT2D eigenvalue weighted by molar-refractivity contribution is 6.00. The third-order valence-electron chi connectivity index (χ3n) is 6.81. The lowest BCUT2D eigenvalue weighted by atomic mass is 9.84. The number of para-hydroxylation sites is 1. The van der Waals surface area contributed by atoms with Crippen LogP contribution in [-0.4, -0.2) is 42.3 Å². The molecule has 12 heteroatoms. The number of halogens is 1. The van der Waals surface area contributed by atoms with Crippen LogP contribution in [0.3, 0.4) is 0 Å². The summed E-state index contributed by atoms with van der Waals surface area (Å²) in [4.78, 5) is 42.1. The minimum absolute atomic E-state index is 0.0222. The molecule has 0 heterocycles. The van der Waals surface area contributed by atoms with Crippen LogP contribution in [0.25, 0.3) is 0 Å². The van der Waals surface area contributed by atoms with E-state index in [1.54, 1.807) is 6.07 Å². The first-order valence-corrected chi connectivity index (χ1v) is 13.4. The highest BCUT2D eigenvalue weighted by Crippen LogP contribution is 2.33. The molecule has 0 spiro atoms. The van der Waals surface area contributed by atoms with Crippen molar-refractivity contribution < 1.29 is 23.5 Å². The van der Waals surface area contributed by atoms with Crippen LogP contribution < -0.4 is 38.3 Å². The highest BCUT2D eigenvalue weighted by Gasteiger charge is 2.28. The molecule has 1 fully saturated rings. The van der Waals surface area contributed by atoms with E-state index in [2.05, 4.69) is 15.6 Å². The average molecular weight is 556 g/mol. The summed E-state index contributed by atoms with van der Waals surface area (Å²) >= 11 is 0. The fourth-order valence-corrected chi connectivity index (χ4v) is 4.65. The Morgan fingerprint density at radius 3 is 2.40 bits per heavy atom. The predicted octanol–water partition coefficient (Wildman–Crippen LogP) is 2.49. The zero-order chi connectivity index (χ0) is 29.1. The fourth-order valence-electron chi connectivity index (χ4n) is 4.65. The minimum Gasteiger partial charge on any atom is -0.452 e. The Morgan fingerprint density at radius 2 is 1.73 bits per heavy atom. The van der Waals surface area contributed by atoms with E-state index in [1.807, 2.05) is 0 Å². The first kappa shape index (κ1) is 30.4. The number of guanidine groups is 1. The molecule has 0 aromatic heterocycles. The van der Waals surface area contributed by atoms with Gasteiger partial charge < -0.3 is 38.3 Å². The number of aliphatic imine (C=N–C) groups is 1. The molecule has 0 aliphatic heterocycles. The molecule has 0 bridgehead atoms. The number of carbonyl (C=O) groups excluding carboxylic acids is 3. The second-order valence-corrected chi connectivity index (χ2v) is 9.95. The summed E-state index contributed by atoms with van der Waals surface area (Å²) in [7, 11) is 0. The van der Waals surface area contributed by atoms with Crippen molar-refractivity contribution in [2.24, 2.45) is 33.8 Å². The molecule has 0 unspecified atom stereocenters. The summed E-state index contributed by atoms with van der Waals surface area (Å²) < 4.78 is 20.0. The molecule has 216 valence electrons. The van der Waals surface area contributed by atoms with E-state index >= 15 is 0 Å². The number of hydrogen-bond acceptors (Lipinski definition) is 6. The SMILES string of the molecule is NC(=O)c1ccc(NC(=O)[C@H](CC2CCCCC2)NC(=O)[C@@H](N)CCCN=C(N)N)c(Oc2ccccc2F)c1. The molecule has 1 saturated carbocycles. The maximum absolute atomic E-state index is 14.3. The summed E-state index contributed by atoms with van der Waals surface area (Å²) in [5.74, 6) is -2.15. The Hall–Kier alpha value is -4.19. The van der Waals surface area contributed by atoms with Crippen molar-refractivity contribution in [2.45, 2.75) is 63.5 Å². The minimum atomic E-state index is -0.878. The smallest absolute Gasteiger partial charge is 0.248 e. The van der Waals surface area contributed by atoms with Crippen LogP contribution in [0, 0.1) is 11.7 Å². The second kappa shape index (κ2) is 14.8. The Morgan fingerprint density at radius 1 is 1.00 bits per heavy atom. The second-order valence-electron chi connectivity index (χ2n) is 9.95. The maximum Gasteiger partial charge on any atom is 0.248 e. The molecule has 40 heavy (non-hydrogen) atoms. The van der Waals surface area contributed by atoms with Gasteiger partial charge in [-0.1, -0.05) is 44.2 Å². The van der Waals surface area contributed by atoms with E-state index in [0.717, 1.165) is 32.1 Å². The van der Waals surface area contributed by atoms with Gasteiger partial charge in [0.15, 0.2) is 23.3 Å². The van der Waals surface area contributed by atoms with Gasteiger partial charge in [-0.2, -0.15) is 0 Å². The van der Waals surface area contributed by atoms with Crippen molar-refractivity contribution in [1.82, 2.24) is 5.32 Å². The molecular weight excluding hydrogens is 517 g/mol. The first-order chi connectivity index (χ1) is 19.1. The number of benzene rings is 2. The molecule has 11 nitrogen and oxygen atoms in total. The number of anilines is 1. The molecule has 1 aliphatic carbocycles. The van der Waals surface area contributed by atoms with E-state index in [9.17, 15) is 18.8 Å². The van der Waals surface area contributed by atoms with Crippen molar-refractivity contribution >= 4 is 29.4 Å². The van der Waals surface area contributed by atoms with Gasteiger partial charge in [0.05, 0.1) is 11.7 Å². The number of rotatable bonds is 13. The lowest BCUT2D eigenvalue weighted by Crippen LogP contribution is -2.50. The molecule has 0 saturated heterocycles. The van der Waals surface area contributed by atoms with Crippen LogP contribution in [-0.2, 0) is 9.59 Å². The van der Waals surface area contributed by atoms with E-state index < -0.39 is 35.6 Å². The molecular formula is C28H38FN7O4. The van der Waals surface area contributed by atoms with Gasteiger partial charge in [-0.05, 0) is 55.5 Å². The Balaban J connectivity index is 1.79. The van der Waals surface area contributed by atoms with Gasteiger partial charge in [-0.15, -0.1) is 0 Å². The number of ether oxygens (including phenoxy) is 1. The summed E-state index contributed by atoms with van der Waals surface area (Å²) in [6, 6.07) is 8.20. The molecule has 2 atom stereocenters. The van der Waals surface area contributed by atoms with E-state index in [4.69, 9.17) is 27.7 Å². The van der Waals surface area contributed by atoms with Gasteiger partial charge in [0.1, 0.15) is 6.04 Å². The van der Waals surface area contributed by atoms with Crippen molar-refractivity contribution in [1.29, 1.82) is 0 Å². The molecule has 3 amide bonds. The third kappa shape index (κ3) is 9.23. The standard InChI is InChI=1S/C28H38FN7O4/c29-19-9-4-5-11-23(19)40-24-16-18(25(31)37)12-13-21(24)35-27(39)22(15-17-7-2-1-3-8-17)36-26(38)20(30)10-6-14-34-28(32)33/h4-5,9,11-13,16-17,20,22H,1-3,6-8,10,14-15,30H2,(H2,31,37)(H,35,39)(H,36,38)(H4,32,33,34)/t20-,22-/m0/s1. The number of carbonyl (C=O) groups is 3. The predicted molar refractivity (Wildman–Crippen MR) is 151 cm³/mol. The topological polar surface area (TPSA) is 201 Å². The van der Waals surface area contributed by atoms with Gasteiger partial charge in [0, 0.05) is 12.1 Å². The number of nitrogens with two attached hydrogens (primary N) is 4. The Bertz CT molecular complexity index is 1210. The number of hydrogen-bond donors (Lipinski definition) is 6. The van der Waals surface area contributed by atoms with Gasteiger partial charge in [-0.3, -0.25) is 19.4 Å². The molecule has 2 aromatic carbocycles. The maximum atomic E-state index is 14.3. The normalized spacial score (nSPS) is 14.9. The summed E-state index contributed by atoms with van der Waals surface area (Å²) in [5.41, 5.74) is 22.5. The van der Waals surface area contributed by atoms with Gasteiger partial charge in [-0.25, -0.2) is 4.39 Å². The highest BCUT2D eigenvalue weighted by atomic mass is 19.1. The fraction of sp³-hybridized carbons (Fsp3) is 0.429. The van der Waals surface area contributed by atoms with Crippen molar-refractivity contribution in [3.8, 4) is 11.5 Å². The van der Waals surface area contributed by atoms with Crippen molar-refractivity contribution in [3.63, 3.8) is 0 Å². The summed E-state index contributed by atoms with van der Waals surface area (Å²) in [6.45, 7) is 0.335. The number of amides is 3. The quantitative estimate of drug-likeness (QED) is 0.124. The van der Waals surface area contributed by atoms with Crippen LogP contribution in [0.15, 0.2) is 47.5 Å². The Kier molecular flexibility index (Phi) is 11.2. The monoisotopic (exact) mass is 555 g/mol. The van der Waals surface area contributed by atoms with E-state index in [1.165, 1.54) is 36.4 Å². The van der Waals surface area contributed by atoms with Gasteiger partial charge in [0.2, 0.25) is 17.7 Å². The number of nitrogens with zero attached hydrogens (tertiary/aromatic N) is 1. The Labute approximate surface area is 232 Å². The van der Waals surface area contributed by atoms with E-state index in [-0.39, 0.29) is 34.6 Å². The van der Waals surface area contributed by atoms with E-state index in [0.29, 0.717) is 25.8 Å². The summed E-state index contributed by atoms with van der Waals surface area (Å²) in [6.07, 6.45) is 6.44. The lowest BCUT2D eigenvalue weighted by Gasteiger charge is -2.27. The van der Waals surface area contributed by atoms with Gasteiger partial charge >= 0.3 is 0 Å². The van der Waals surface area contributed by atoms with Gasteiger partial charge in [0.25, 0.3) is 0 Å². The molecule has 0 radical (unpaired) electrons. The van der Waals surface area contributed by atoms with Crippen LogP contribution in [0.5, 0.6) is 11.5 Å². The molecule has 3 rings (SSSR count).